The molecule has 6 heteroatoms. The number of unbranched alkanes of at least 4 members (excludes halogenated alkanes) is 44. The SMILES string of the molecule is CCCCCCCCCCCCCC/C=C\CCCCCCCCCCCCCCCC(O)C(=O)NC(CO)C(O)C(O)CCCCCCCCCCCCCCCCCCCCCC. The van der Waals surface area contributed by atoms with Crippen LogP contribution in [0.4, 0.5) is 0 Å². The van der Waals surface area contributed by atoms with Crippen molar-refractivity contribution in [2.24, 2.45) is 0 Å². The summed E-state index contributed by atoms with van der Waals surface area (Å²) in [6.07, 6.45) is 64.3. The van der Waals surface area contributed by atoms with Gasteiger partial charge in [0, 0.05) is 0 Å². The number of carbonyl (C=O) groups excluding carboxylic acids is 1. The highest BCUT2D eigenvalue weighted by molar-refractivity contribution is 5.80. The molecule has 0 radical (unpaired) electrons. The van der Waals surface area contributed by atoms with Crippen LogP contribution in [-0.4, -0.2) is 57.3 Å². The van der Waals surface area contributed by atoms with Gasteiger partial charge < -0.3 is 25.7 Å². The average molecular weight is 921 g/mol. The minimum absolute atomic E-state index is 0.373. The lowest BCUT2D eigenvalue weighted by molar-refractivity contribution is -0.132. The number of carbonyl (C=O) groups is 1. The Morgan fingerprint density at radius 1 is 0.369 bits per heavy atom. The Morgan fingerprint density at radius 2 is 0.615 bits per heavy atom. The summed E-state index contributed by atoms with van der Waals surface area (Å²) in [4.78, 5) is 12.6. The van der Waals surface area contributed by atoms with Crippen molar-refractivity contribution in [3.63, 3.8) is 0 Å². The van der Waals surface area contributed by atoms with Gasteiger partial charge in [-0.3, -0.25) is 4.79 Å². The van der Waals surface area contributed by atoms with Crippen LogP contribution in [0, 0.1) is 0 Å². The minimum atomic E-state index is -1.26. The maximum absolute atomic E-state index is 12.6. The highest BCUT2D eigenvalue weighted by atomic mass is 16.3. The van der Waals surface area contributed by atoms with Crippen molar-refractivity contribution in [2.45, 2.75) is 353 Å². The zero-order valence-corrected chi connectivity index (χ0v) is 44.0. The molecule has 388 valence electrons. The average Bonchev–Trinajstić information content (AvgIpc) is 3.31. The fourth-order valence-corrected chi connectivity index (χ4v) is 9.58. The predicted molar refractivity (Wildman–Crippen MR) is 284 cm³/mol. The molecule has 6 nitrogen and oxygen atoms in total. The zero-order chi connectivity index (χ0) is 47.4. The number of rotatable bonds is 55. The van der Waals surface area contributed by atoms with E-state index in [1.807, 2.05) is 0 Å². The molecule has 0 aromatic rings. The third-order valence-corrected chi connectivity index (χ3v) is 14.2. The van der Waals surface area contributed by atoms with Crippen molar-refractivity contribution in [2.75, 3.05) is 6.61 Å². The predicted octanol–water partition coefficient (Wildman–Crippen LogP) is 17.3. The number of aliphatic hydroxyl groups is 4. The molecule has 0 spiro atoms. The van der Waals surface area contributed by atoms with Crippen LogP contribution in [0.1, 0.15) is 328 Å². The zero-order valence-electron chi connectivity index (χ0n) is 44.0. The third-order valence-electron chi connectivity index (χ3n) is 14.2. The number of aliphatic hydroxyl groups excluding tert-OH is 4. The molecule has 0 bridgehead atoms. The maximum atomic E-state index is 12.6. The molecule has 0 aromatic carbocycles. The van der Waals surface area contributed by atoms with E-state index in [1.165, 1.54) is 263 Å². The van der Waals surface area contributed by atoms with E-state index < -0.39 is 36.9 Å². The third kappa shape index (κ3) is 47.9. The van der Waals surface area contributed by atoms with Crippen molar-refractivity contribution in [3.8, 4) is 0 Å². The van der Waals surface area contributed by atoms with E-state index in [-0.39, 0.29) is 0 Å². The topological polar surface area (TPSA) is 110 Å². The summed E-state index contributed by atoms with van der Waals surface area (Å²) in [5, 5.41) is 44.1. The van der Waals surface area contributed by atoms with E-state index >= 15 is 0 Å². The van der Waals surface area contributed by atoms with Gasteiger partial charge in [0.1, 0.15) is 12.2 Å². The van der Waals surface area contributed by atoms with Crippen LogP contribution >= 0.6 is 0 Å². The Balaban J connectivity index is 3.58. The largest absolute Gasteiger partial charge is 0.394 e. The molecule has 5 N–H and O–H groups in total. The van der Waals surface area contributed by atoms with Gasteiger partial charge in [-0.1, -0.05) is 302 Å². The molecule has 0 aliphatic carbocycles. The smallest absolute Gasteiger partial charge is 0.249 e. The van der Waals surface area contributed by atoms with Crippen LogP contribution in [0.15, 0.2) is 12.2 Å². The second-order valence-electron chi connectivity index (χ2n) is 20.7. The lowest BCUT2D eigenvalue weighted by atomic mass is 9.99. The van der Waals surface area contributed by atoms with Gasteiger partial charge in [-0.05, 0) is 38.5 Å². The normalized spacial score (nSPS) is 13.8. The fraction of sp³-hybridized carbons (Fsp3) is 0.949. The summed E-state index contributed by atoms with van der Waals surface area (Å²) in [6, 6.07) is -0.983. The maximum Gasteiger partial charge on any atom is 0.249 e. The number of nitrogens with one attached hydrogen (secondary N) is 1. The molecular formula is C59H117NO5. The number of allylic oxidation sites excluding steroid dienone is 2. The highest BCUT2D eigenvalue weighted by Gasteiger charge is 2.28. The van der Waals surface area contributed by atoms with Crippen molar-refractivity contribution in [3.05, 3.63) is 12.2 Å². The molecule has 65 heavy (non-hydrogen) atoms. The van der Waals surface area contributed by atoms with E-state index in [4.69, 9.17) is 0 Å². The summed E-state index contributed by atoms with van der Waals surface area (Å²) in [6.45, 7) is 4.10. The molecule has 0 aliphatic heterocycles. The molecule has 0 saturated heterocycles. The standard InChI is InChI=1S/C59H117NO5/c1-3-5-7-9-11-13-15-17-19-21-23-25-26-27-28-29-30-31-32-33-35-37-39-41-43-45-47-49-51-53-57(63)59(65)60-55(54-61)58(64)56(62)52-50-48-46-44-42-40-38-36-34-24-22-20-18-16-14-12-10-8-6-4-2/h27-28,55-58,61-64H,3-26,29-54H2,1-2H3,(H,60,65)/b28-27-. The van der Waals surface area contributed by atoms with E-state index in [9.17, 15) is 25.2 Å². The lowest BCUT2D eigenvalue weighted by Gasteiger charge is -2.27. The van der Waals surface area contributed by atoms with Gasteiger partial charge in [-0.15, -0.1) is 0 Å². The Hall–Kier alpha value is -0.950. The lowest BCUT2D eigenvalue weighted by Crippen LogP contribution is -2.53. The van der Waals surface area contributed by atoms with E-state index in [2.05, 4.69) is 31.3 Å². The first-order chi connectivity index (χ1) is 32.0. The first-order valence-electron chi connectivity index (χ1n) is 29.6. The molecule has 4 atom stereocenters. The molecule has 0 saturated carbocycles. The minimum Gasteiger partial charge on any atom is -0.394 e. The van der Waals surface area contributed by atoms with Crippen molar-refractivity contribution in [1.29, 1.82) is 0 Å². The molecule has 0 aromatic heterocycles. The summed E-state index contributed by atoms with van der Waals surface area (Å²) >= 11 is 0. The first-order valence-corrected chi connectivity index (χ1v) is 29.6. The summed E-state index contributed by atoms with van der Waals surface area (Å²) in [5.74, 6) is -0.578. The first kappa shape index (κ1) is 64.0. The Labute approximate surface area is 406 Å². The summed E-state index contributed by atoms with van der Waals surface area (Å²) < 4.78 is 0. The van der Waals surface area contributed by atoms with Crippen LogP contribution in [0.25, 0.3) is 0 Å². The van der Waals surface area contributed by atoms with Crippen LogP contribution in [0.5, 0.6) is 0 Å². The van der Waals surface area contributed by atoms with E-state index in [1.54, 1.807) is 0 Å². The van der Waals surface area contributed by atoms with Gasteiger partial charge >= 0.3 is 0 Å². The quantitative estimate of drug-likeness (QED) is 0.0308. The van der Waals surface area contributed by atoms with Gasteiger partial charge in [0.25, 0.3) is 0 Å². The molecule has 0 heterocycles. The summed E-state index contributed by atoms with van der Waals surface area (Å²) in [5.41, 5.74) is 0. The molecule has 0 fully saturated rings. The Morgan fingerprint density at radius 3 is 0.892 bits per heavy atom. The van der Waals surface area contributed by atoms with Gasteiger partial charge in [0.05, 0.1) is 18.8 Å². The fourth-order valence-electron chi connectivity index (χ4n) is 9.58. The van der Waals surface area contributed by atoms with Gasteiger partial charge in [-0.2, -0.15) is 0 Å². The van der Waals surface area contributed by atoms with E-state index in [0.29, 0.717) is 12.8 Å². The second-order valence-corrected chi connectivity index (χ2v) is 20.7. The molecular weight excluding hydrogens is 803 g/mol. The van der Waals surface area contributed by atoms with Crippen LogP contribution in [-0.2, 0) is 4.79 Å². The van der Waals surface area contributed by atoms with Crippen LogP contribution in [0.2, 0.25) is 0 Å². The monoisotopic (exact) mass is 920 g/mol. The van der Waals surface area contributed by atoms with Crippen molar-refractivity contribution < 1.29 is 25.2 Å². The molecule has 0 rings (SSSR count). The molecule has 1 amide bonds. The number of amides is 1. The van der Waals surface area contributed by atoms with Crippen LogP contribution < -0.4 is 5.32 Å². The van der Waals surface area contributed by atoms with Crippen molar-refractivity contribution >= 4 is 5.91 Å². The molecule has 0 aliphatic rings. The van der Waals surface area contributed by atoms with Gasteiger partial charge in [-0.25, -0.2) is 0 Å². The number of hydrogen-bond acceptors (Lipinski definition) is 5. The second kappa shape index (κ2) is 54.0. The number of hydrogen-bond donors (Lipinski definition) is 5. The Kier molecular flexibility index (Phi) is 53.2. The van der Waals surface area contributed by atoms with Crippen molar-refractivity contribution in [1.82, 2.24) is 5.32 Å². The highest BCUT2D eigenvalue weighted by Crippen LogP contribution is 2.18. The summed E-state index contributed by atoms with van der Waals surface area (Å²) in [7, 11) is 0. The van der Waals surface area contributed by atoms with E-state index in [0.717, 1.165) is 38.5 Å². The van der Waals surface area contributed by atoms with Gasteiger partial charge in [0.15, 0.2) is 0 Å². The Bertz CT molecular complexity index is 944. The van der Waals surface area contributed by atoms with Gasteiger partial charge in [0.2, 0.25) is 5.91 Å². The molecule has 4 unspecified atom stereocenters. The van der Waals surface area contributed by atoms with Crippen LogP contribution in [0.3, 0.4) is 0 Å².